The van der Waals surface area contributed by atoms with Crippen molar-refractivity contribution >= 4 is 5.91 Å². The second kappa shape index (κ2) is 5.56. The van der Waals surface area contributed by atoms with Crippen LogP contribution in [0.15, 0.2) is 16.9 Å². The molecule has 19 heavy (non-hydrogen) atoms. The van der Waals surface area contributed by atoms with Gasteiger partial charge in [0.05, 0.1) is 12.2 Å². The van der Waals surface area contributed by atoms with E-state index in [9.17, 15) is 27.2 Å². The summed E-state index contributed by atoms with van der Waals surface area (Å²) in [6.45, 7) is -0.160. The van der Waals surface area contributed by atoms with Crippen LogP contribution in [0.3, 0.4) is 0 Å². The highest BCUT2D eigenvalue weighted by Crippen LogP contribution is 2.32. The lowest BCUT2D eigenvalue weighted by Crippen LogP contribution is -2.33. The molecule has 0 radical (unpaired) electrons. The van der Waals surface area contributed by atoms with Crippen molar-refractivity contribution in [2.45, 2.75) is 12.3 Å². The number of hydrogen-bond donors (Lipinski definition) is 2. The molecule has 0 aromatic carbocycles. The summed E-state index contributed by atoms with van der Waals surface area (Å²) < 4.78 is 50.1. The van der Waals surface area contributed by atoms with Crippen LogP contribution in [0.5, 0.6) is 0 Å². The maximum Gasteiger partial charge on any atom is 0.346 e. The number of alkyl halides is 4. The minimum Gasteiger partial charge on any atom is -0.341 e. The molecule has 0 bridgehead atoms. The van der Waals surface area contributed by atoms with Gasteiger partial charge in [0.25, 0.3) is 11.5 Å². The van der Waals surface area contributed by atoms with Crippen molar-refractivity contribution in [3.8, 4) is 12.3 Å². The van der Waals surface area contributed by atoms with E-state index in [2.05, 4.69) is 11.2 Å². The van der Waals surface area contributed by atoms with Crippen molar-refractivity contribution in [2.24, 2.45) is 0 Å². The summed E-state index contributed by atoms with van der Waals surface area (Å²) in [6, 6.07) is 1.29. The van der Waals surface area contributed by atoms with Gasteiger partial charge in [-0.3, -0.25) is 9.59 Å². The first-order valence-corrected chi connectivity index (χ1v) is 4.92. The van der Waals surface area contributed by atoms with Gasteiger partial charge >= 0.3 is 12.3 Å². The quantitative estimate of drug-likeness (QED) is 0.639. The van der Waals surface area contributed by atoms with Crippen LogP contribution in [0.2, 0.25) is 0 Å². The zero-order valence-corrected chi connectivity index (χ0v) is 9.34. The Hall–Kier alpha value is -2.30. The molecule has 0 atom stereocenters. The zero-order chi connectivity index (χ0) is 14.6. The Morgan fingerprint density at radius 3 is 2.58 bits per heavy atom. The molecule has 0 unspecified atom stereocenters. The average molecular weight is 276 g/mol. The van der Waals surface area contributed by atoms with Crippen LogP contribution in [0.1, 0.15) is 16.1 Å². The lowest BCUT2D eigenvalue weighted by molar-refractivity contribution is -0.138. The number of carbonyl (C=O) groups is 1. The number of aromatic nitrogens is 1. The van der Waals surface area contributed by atoms with E-state index < -0.39 is 35.1 Å². The van der Waals surface area contributed by atoms with E-state index >= 15 is 0 Å². The third kappa shape index (κ3) is 3.13. The van der Waals surface area contributed by atoms with Crippen molar-refractivity contribution in [2.75, 3.05) is 6.54 Å². The maximum absolute atomic E-state index is 12.9. The van der Waals surface area contributed by atoms with E-state index in [0.717, 1.165) is 6.07 Å². The molecule has 2 N–H and O–H groups in total. The van der Waals surface area contributed by atoms with Crippen LogP contribution >= 0.6 is 0 Å². The van der Waals surface area contributed by atoms with Gasteiger partial charge in [-0.2, -0.15) is 8.78 Å². The van der Waals surface area contributed by atoms with Crippen LogP contribution in [0, 0.1) is 12.3 Å². The SMILES string of the molecule is C#CCNC(=O)c1ccc(C(F)(F)C(F)F)[nH]c1=O. The van der Waals surface area contributed by atoms with Gasteiger partial charge in [0, 0.05) is 0 Å². The first-order chi connectivity index (χ1) is 8.80. The van der Waals surface area contributed by atoms with Gasteiger partial charge in [-0.1, -0.05) is 5.92 Å². The smallest absolute Gasteiger partial charge is 0.341 e. The Bertz CT molecular complexity index is 575. The molecule has 1 aromatic heterocycles. The number of terminal acetylenes is 1. The minimum atomic E-state index is -4.49. The van der Waals surface area contributed by atoms with Gasteiger partial charge in [0.15, 0.2) is 0 Å². The highest BCUT2D eigenvalue weighted by atomic mass is 19.3. The van der Waals surface area contributed by atoms with E-state index in [1.54, 1.807) is 4.98 Å². The van der Waals surface area contributed by atoms with Gasteiger partial charge in [-0.15, -0.1) is 6.42 Å². The number of rotatable bonds is 4. The van der Waals surface area contributed by atoms with Crippen molar-refractivity contribution < 1.29 is 22.4 Å². The number of hydrogen-bond acceptors (Lipinski definition) is 2. The Balaban J connectivity index is 3.09. The first kappa shape index (κ1) is 14.8. The molecule has 0 spiro atoms. The summed E-state index contributed by atoms with van der Waals surface area (Å²) in [4.78, 5) is 24.3. The lowest BCUT2D eigenvalue weighted by atomic mass is 10.1. The second-order valence-electron chi connectivity index (χ2n) is 3.43. The van der Waals surface area contributed by atoms with Crippen molar-refractivity contribution in [3.63, 3.8) is 0 Å². The number of carbonyl (C=O) groups excluding carboxylic acids is 1. The van der Waals surface area contributed by atoms with E-state index in [4.69, 9.17) is 6.42 Å². The third-order valence-corrected chi connectivity index (χ3v) is 2.14. The van der Waals surface area contributed by atoms with Gasteiger partial charge < -0.3 is 10.3 Å². The lowest BCUT2D eigenvalue weighted by Gasteiger charge is -2.15. The minimum absolute atomic E-state index is 0.160. The average Bonchev–Trinajstić information content (AvgIpc) is 2.35. The van der Waals surface area contributed by atoms with Gasteiger partial charge in [0.1, 0.15) is 5.56 Å². The van der Waals surface area contributed by atoms with Crippen LogP contribution < -0.4 is 10.9 Å². The molecule has 4 nitrogen and oxygen atoms in total. The number of amides is 1. The van der Waals surface area contributed by atoms with E-state index in [1.807, 2.05) is 0 Å². The fourth-order valence-corrected chi connectivity index (χ4v) is 1.19. The van der Waals surface area contributed by atoms with Crippen molar-refractivity contribution in [3.05, 3.63) is 33.7 Å². The van der Waals surface area contributed by atoms with E-state index in [1.165, 1.54) is 0 Å². The summed E-state index contributed by atoms with van der Waals surface area (Å²) in [7, 11) is 0. The molecular formula is C11H8F4N2O2. The molecule has 1 amide bonds. The summed E-state index contributed by atoms with van der Waals surface area (Å²) in [5.41, 5.74) is -2.96. The largest absolute Gasteiger partial charge is 0.346 e. The Labute approximate surface area is 104 Å². The summed E-state index contributed by atoms with van der Waals surface area (Å²) in [5, 5.41) is 2.14. The standard InChI is InChI=1S/C11H8F4N2O2/c1-2-5-16-8(18)6-3-4-7(17-9(6)19)11(14,15)10(12)13/h1,3-4,10H,5H2,(H,16,18)(H,17,19). The van der Waals surface area contributed by atoms with Crippen LogP contribution in [-0.2, 0) is 5.92 Å². The third-order valence-electron chi connectivity index (χ3n) is 2.14. The van der Waals surface area contributed by atoms with Crippen LogP contribution in [-0.4, -0.2) is 23.9 Å². The highest BCUT2D eigenvalue weighted by Gasteiger charge is 2.43. The van der Waals surface area contributed by atoms with Crippen LogP contribution in [0.25, 0.3) is 0 Å². The normalized spacial score (nSPS) is 11.2. The molecule has 0 aliphatic rings. The van der Waals surface area contributed by atoms with Gasteiger partial charge in [-0.25, -0.2) is 8.78 Å². The van der Waals surface area contributed by atoms with Gasteiger partial charge in [0.2, 0.25) is 0 Å². The van der Waals surface area contributed by atoms with Crippen LogP contribution in [0.4, 0.5) is 17.6 Å². The Morgan fingerprint density at radius 1 is 1.47 bits per heavy atom. The molecule has 1 aromatic rings. The molecular weight excluding hydrogens is 268 g/mol. The topological polar surface area (TPSA) is 62.0 Å². The molecule has 0 fully saturated rings. The number of H-pyrrole nitrogens is 1. The fourth-order valence-electron chi connectivity index (χ4n) is 1.19. The number of pyridine rings is 1. The van der Waals surface area contributed by atoms with Gasteiger partial charge in [-0.05, 0) is 12.1 Å². The summed E-state index contributed by atoms with van der Waals surface area (Å²) >= 11 is 0. The summed E-state index contributed by atoms with van der Waals surface area (Å²) in [6.07, 6.45) is 0.906. The second-order valence-corrected chi connectivity index (χ2v) is 3.43. The fraction of sp³-hybridized carbons (Fsp3) is 0.273. The zero-order valence-electron chi connectivity index (χ0n) is 9.34. The molecule has 0 aliphatic heterocycles. The Morgan fingerprint density at radius 2 is 2.11 bits per heavy atom. The van der Waals surface area contributed by atoms with Crippen molar-refractivity contribution in [1.82, 2.24) is 10.3 Å². The number of aromatic amines is 1. The molecule has 102 valence electrons. The molecule has 0 saturated carbocycles. The number of nitrogens with one attached hydrogen (secondary N) is 2. The monoisotopic (exact) mass is 276 g/mol. The van der Waals surface area contributed by atoms with Crippen molar-refractivity contribution in [1.29, 1.82) is 0 Å². The predicted octanol–water partition coefficient (Wildman–Crippen LogP) is 1.09. The molecule has 1 heterocycles. The van der Waals surface area contributed by atoms with E-state index in [0.29, 0.717) is 6.07 Å². The molecule has 0 aliphatic carbocycles. The number of halogens is 4. The summed E-state index contributed by atoms with van der Waals surface area (Å²) in [5.74, 6) is -3.30. The molecule has 1 rings (SSSR count). The molecule has 0 saturated heterocycles. The molecule has 8 heteroatoms. The highest BCUT2D eigenvalue weighted by molar-refractivity contribution is 5.93. The predicted molar refractivity (Wildman–Crippen MR) is 58.1 cm³/mol. The maximum atomic E-state index is 12.9. The first-order valence-electron chi connectivity index (χ1n) is 4.92. The Kier molecular flexibility index (Phi) is 4.32. The van der Waals surface area contributed by atoms with E-state index in [-0.39, 0.29) is 6.54 Å².